The number of amides is 2. The van der Waals surface area contributed by atoms with Crippen LogP contribution in [0.5, 0.6) is 0 Å². The Bertz CT molecular complexity index is 580. The van der Waals surface area contributed by atoms with Crippen LogP contribution < -0.4 is 10.6 Å². The van der Waals surface area contributed by atoms with E-state index in [-0.39, 0.29) is 24.3 Å². The number of hydrogen-bond acceptors (Lipinski definition) is 5. The lowest BCUT2D eigenvalue weighted by molar-refractivity contribution is -0.0777. The first kappa shape index (κ1) is 19.2. The van der Waals surface area contributed by atoms with Gasteiger partial charge in [-0.25, -0.2) is 9.59 Å². The molecule has 1 aliphatic rings. The maximum absolute atomic E-state index is 12.0. The molecule has 0 aliphatic carbocycles. The van der Waals surface area contributed by atoms with Gasteiger partial charge >= 0.3 is 12.0 Å². The number of nitrogens with one attached hydrogen (secondary N) is 2. The van der Waals surface area contributed by atoms with Crippen molar-refractivity contribution in [3.63, 3.8) is 0 Å². The van der Waals surface area contributed by atoms with E-state index in [4.69, 9.17) is 4.74 Å². The van der Waals surface area contributed by atoms with Crippen molar-refractivity contribution in [2.24, 2.45) is 0 Å². The molecule has 0 saturated carbocycles. The smallest absolute Gasteiger partial charge is 0.337 e. The Morgan fingerprint density at radius 3 is 2.40 bits per heavy atom. The number of urea groups is 1. The van der Waals surface area contributed by atoms with Crippen molar-refractivity contribution < 1.29 is 19.1 Å². The highest BCUT2D eigenvalue weighted by Gasteiger charge is 2.25. The minimum Gasteiger partial charge on any atom is -0.465 e. The lowest BCUT2D eigenvalue weighted by Crippen LogP contribution is -2.52. The highest BCUT2D eigenvalue weighted by atomic mass is 16.5. The molecule has 0 bridgehead atoms. The number of ether oxygens (including phenoxy) is 2. The molecule has 7 nitrogen and oxygen atoms in total. The SMILES string of the molecule is COC(=O)c1ccc(NC(=O)NC[C@@H](C)N2C[C@H](C)O[C@@H](C)C2)cc1. The molecule has 1 fully saturated rings. The fourth-order valence-electron chi connectivity index (χ4n) is 2.93. The zero-order valence-corrected chi connectivity index (χ0v) is 15.2. The number of morpholine rings is 1. The molecule has 1 aromatic rings. The van der Waals surface area contributed by atoms with E-state index < -0.39 is 5.97 Å². The number of esters is 1. The van der Waals surface area contributed by atoms with Crippen LogP contribution in [0.3, 0.4) is 0 Å². The van der Waals surface area contributed by atoms with Crippen LogP contribution in [-0.2, 0) is 9.47 Å². The zero-order valence-electron chi connectivity index (χ0n) is 15.2. The molecule has 3 atom stereocenters. The van der Waals surface area contributed by atoms with E-state index in [0.717, 1.165) is 13.1 Å². The van der Waals surface area contributed by atoms with E-state index in [1.54, 1.807) is 24.3 Å². The lowest BCUT2D eigenvalue weighted by Gasteiger charge is -2.38. The second kappa shape index (κ2) is 8.82. The van der Waals surface area contributed by atoms with E-state index in [2.05, 4.69) is 41.0 Å². The van der Waals surface area contributed by atoms with Crippen molar-refractivity contribution in [1.29, 1.82) is 0 Å². The molecule has 0 aromatic heterocycles. The predicted octanol–water partition coefficient (Wildman–Crippen LogP) is 2.09. The van der Waals surface area contributed by atoms with Gasteiger partial charge < -0.3 is 20.1 Å². The topological polar surface area (TPSA) is 79.9 Å². The van der Waals surface area contributed by atoms with Crippen molar-refractivity contribution in [3.05, 3.63) is 29.8 Å². The molecule has 7 heteroatoms. The highest BCUT2D eigenvalue weighted by Crippen LogP contribution is 2.13. The summed E-state index contributed by atoms with van der Waals surface area (Å²) in [5, 5.41) is 5.64. The summed E-state index contributed by atoms with van der Waals surface area (Å²) < 4.78 is 10.4. The molecule has 2 rings (SSSR count). The van der Waals surface area contributed by atoms with Crippen LogP contribution in [-0.4, -0.2) is 61.9 Å². The van der Waals surface area contributed by atoms with Crippen LogP contribution in [0.15, 0.2) is 24.3 Å². The summed E-state index contributed by atoms with van der Waals surface area (Å²) in [4.78, 5) is 25.8. The van der Waals surface area contributed by atoms with Crippen LogP contribution >= 0.6 is 0 Å². The quantitative estimate of drug-likeness (QED) is 0.796. The molecule has 1 aliphatic heterocycles. The average molecular weight is 349 g/mol. The maximum Gasteiger partial charge on any atom is 0.337 e. The summed E-state index contributed by atoms with van der Waals surface area (Å²) in [5.41, 5.74) is 1.06. The van der Waals surface area contributed by atoms with Crippen molar-refractivity contribution in [3.8, 4) is 0 Å². The van der Waals surface area contributed by atoms with Crippen molar-refractivity contribution >= 4 is 17.7 Å². The minimum absolute atomic E-state index is 0.202. The lowest BCUT2D eigenvalue weighted by atomic mass is 10.2. The molecule has 0 radical (unpaired) electrons. The molecule has 1 saturated heterocycles. The van der Waals surface area contributed by atoms with Gasteiger partial charge in [-0.1, -0.05) is 0 Å². The van der Waals surface area contributed by atoms with E-state index in [1.807, 2.05) is 0 Å². The van der Waals surface area contributed by atoms with Crippen LogP contribution in [0.1, 0.15) is 31.1 Å². The van der Waals surface area contributed by atoms with Gasteiger partial charge in [0, 0.05) is 31.4 Å². The first-order valence-corrected chi connectivity index (χ1v) is 8.51. The Kier molecular flexibility index (Phi) is 6.78. The minimum atomic E-state index is -0.404. The average Bonchev–Trinajstić information content (AvgIpc) is 2.58. The Hall–Kier alpha value is -2.12. The Morgan fingerprint density at radius 2 is 1.84 bits per heavy atom. The van der Waals surface area contributed by atoms with E-state index in [9.17, 15) is 9.59 Å². The van der Waals surface area contributed by atoms with Gasteiger partial charge in [-0.3, -0.25) is 4.90 Å². The second-order valence-corrected chi connectivity index (χ2v) is 6.46. The second-order valence-electron chi connectivity index (χ2n) is 6.46. The van der Waals surface area contributed by atoms with Gasteiger partial charge in [0.05, 0.1) is 24.9 Å². The van der Waals surface area contributed by atoms with Gasteiger partial charge in [0.25, 0.3) is 0 Å². The normalized spacial score (nSPS) is 22.1. The van der Waals surface area contributed by atoms with Crippen LogP contribution in [0.2, 0.25) is 0 Å². The number of nitrogens with zero attached hydrogens (tertiary/aromatic N) is 1. The number of benzene rings is 1. The first-order valence-electron chi connectivity index (χ1n) is 8.51. The van der Waals surface area contributed by atoms with Gasteiger partial charge in [-0.2, -0.15) is 0 Å². The molecule has 1 aromatic carbocycles. The van der Waals surface area contributed by atoms with Crippen LogP contribution in [0.4, 0.5) is 10.5 Å². The van der Waals surface area contributed by atoms with E-state index in [1.165, 1.54) is 7.11 Å². The summed E-state index contributed by atoms with van der Waals surface area (Å²) in [5.74, 6) is -0.404. The van der Waals surface area contributed by atoms with Crippen LogP contribution in [0.25, 0.3) is 0 Å². The number of methoxy groups -OCH3 is 1. The van der Waals surface area contributed by atoms with E-state index in [0.29, 0.717) is 17.8 Å². The first-order chi connectivity index (χ1) is 11.9. The number of rotatable bonds is 5. The fourth-order valence-corrected chi connectivity index (χ4v) is 2.93. The third kappa shape index (κ3) is 5.72. The van der Waals surface area contributed by atoms with Crippen molar-refractivity contribution in [1.82, 2.24) is 10.2 Å². The summed E-state index contributed by atoms with van der Waals surface area (Å²) in [6, 6.07) is 6.51. The summed E-state index contributed by atoms with van der Waals surface area (Å²) >= 11 is 0. The third-order valence-corrected chi connectivity index (χ3v) is 4.19. The predicted molar refractivity (Wildman–Crippen MR) is 95.8 cm³/mol. The highest BCUT2D eigenvalue weighted by molar-refractivity contribution is 5.92. The molecule has 0 unspecified atom stereocenters. The molecule has 1 heterocycles. The molecule has 2 amide bonds. The molecule has 25 heavy (non-hydrogen) atoms. The van der Waals surface area contributed by atoms with E-state index >= 15 is 0 Å². The molecule has 2 N–H and O–H groups in total. The van der Waals surface area contributed by atoms with Crippen molar-refractivity contribution in [2.45, 2.75) is 39.0 Å². The largest absolute Gasteiger partial charge is 0.465 e. The number of carbonyl (C=O) groups is 2. The van der Waals surface area contributed by atoms with Gasteiger partial charge in [0.2, 0.25) is 0 Å². The summed E-state index contributed by atoms with van der Waals surface area (Å²) in [6.45, 7) is 8.50. The molecular formula is C18H27N3O4. The van der Waals surface area contributed by atoms with Gasteiger partial charge in [0.1, 0.15) is 0 Å². The monoisotopic (exact) mass is 349 g/mol. The summed E-state index contributed by atoms with van der Waals surface area (Å²) in [7, 11) is 1.33. The fraction of sp³-hybridized carbons (Fsp3) is 0.556. The molecule has 138 valence electrons. The molecule has 0 spiro atoms. The number of hydrogen-bond donors (Lipinski definition) is 2. The Morgan fingerprint density at radius 1 is 1.24 bits per heavy atom. The Labute approximate surface area is 148 Å². The number of carbonyl (C=O) groups excluding carboxylic acids is 2. The third-order valence-electron chi connectivity index (χ3n) is 4.19. The standard InChI is InChI=1S/C18H27N3O4/c1-12(21-10-13(2)25-14(3)11-21)9-19-18(23)20-16-7-5-15(6-8-16)17(22)24-4/h5-8,12-14H,9-11H2,1-4H3,(H2,19,20,23)/t12-,13+,14+/m1/s1. The zero-order chi connectivity index (χ0) is 18.4. The van der Waals surface area contributed by atoms with Crippen molar-refractivity contribution in [2.75, 3.05) is 32.1 Å². The number of anilines is 1. The maximum atomic E-state index is 12.0. The van der Waals surface area contributed by atoms with Gasteiger partial charge in [0.15, 0.2) is 0 Å². The van der Waals surface area contributed by atoms with Gasteiger partial charge in [-0.15, -0.1) is 0 Å². The van der Waals surface area contributed by atoms with Gasteiger partial charge in [-0.05, 0) is 45.0 Å². The van der Waals surface area contributed by atoms with Crippen LogP contribution in [0, 0.1) is 0 Å². The Balaban J connectivity index is 1.79. The molecular weight excluding hydrogens is 322 g/mol. The summed E-state index contributed by atoms with van der Waals surface area (Å²) in [6.07, 6.45) is 0.404.